The number of ether oxygens (including phenoxy) is 2. The Bertz CT molecular complexity index is 1720. The first kappa shape index (κ1) is 28.4. The molecular weight excluding hydrogens is 577 g/mol. The number of aliphatic carboxylic acids is 1. The van der Waals surface area contributed by atoms with Crippen molar-refractivity contribution >= 4 is 39.1 Å². The molecule has 0 aliphatic rings. The first-order valence-corrected chi connectivity index (χ1v) is 13.5. The highest BCUT2D eigenvalue weighted by molar-refractivity contribution is 7.18. The highest BCUT2D eigenvalue weighted by atomic mass is 35.5. The fourth-order valence-corrected chi connectivity index (χ4v) is 5.56. The molecule has 11 heteroatoms. The van der Waals surface area contributed by atoms with Crippen molar-refractivity contribution in [2.24, 2.45) is 0 Å². The van der Waals surface area contributed by atoms with Crippen LogP contribution in [0.4, 0.5) is 13.2 Å². The van der Waals surface area contributed by atoms with E-state index in [1.165, 1.54) is 25.3 Å². The van der Waals surface area contributed by atoms with Crippen LogP contribution >= 0.6 is 22.9 Å². The van der Waals surface area contributed by atoms with Crippen molar-refractivity contribution in [2.75, 3.05) is 7.11 Å². The summed E-state index contributed by atoms with van der Waals surface area (Å²) in [5.41, 5.74) is 3.03. The van der Waals surface area contributed by atoms with Crippen molar-refractivity contribution in [3.63, 3.8) is 0 Å². The molecule has 2 heterocycles. The van der Waals surface area contributed by atoms with Gasteiger partial charge in [-0.1, -0.05) is 54.1 Å². The van der Waals surface area contributed by atoms with Gasteiger partial charge in [0.1, 0.15) is 16.8 Å². The van der Waals surface area contributed by atoms with E-state index in [9.17, 15) is 23.1 Å². The van der Waals surface area contributed by atoms with Crippen LogP contribution in [-0.2, 0) is 4.79 Å². The number of rotatable bonds is 8. The van der Waals surface area contributed by atoms with Gasteiger partial charge in [0, 0.05) is 21.5 Å². The molecule has 0 amide bonds. The molecule has 2 unspecified atom stereocenters. The van der Waals surface area contributed by atoms with Crippen molar-refractivity contribution < 1.29 is 32.5 Å². The minimum atomic E-state index is -4.80. The van der Waals surface area contributed by atoms with Gasteiger partial charge < -0.3 is 14.6 Å². The second-order valence-electron chi connectivity index (χ2n) is 9.19. The Morgan fingerprint density at radius 3 is 2.44 bits per heavy atom. The van der Waals surface area contributed by atoms with E-state index in [4.69, 9.17) is 21.1 Å². The monoisotopic (exact) mass is 598 g/mol. The normalized spacial score (nSPS) is 13.1. The number of hydrogen-bond acceptors (Lipinski definition) is 6. The van der Waals surface area contributed by atoms with Crippen LogP contribution in [0.25, 0.3) is 32.5 Å². The standard InChI is InChI=1S/C30H22ClF3N2O4S/c1-16(29(37)38)17-6-8-18(9-7-17)24-14-41-26-25(24)35-15-36-28(26)40-27(30(32,33)34)22-11-10-20(31)13-23(22)19-4-3-5-21(12-19)39-2/h3-16,27H,1-2H3,(H,37,38). The third-order valence-corrected chi connectivity index (χ3v) is 7.81. The van der Waals surface area contributed by atoms with E-state index >= 15 is 0 Å². The molecule has 0 fully saturated rings. The summed E-state index contributed by atoms with van der Waals surface area (Å²) in [4.78, 5) is 19.7. The van der Waals surface area contributed by atoms with Crippen LogP contribution in [0.2, 0.25) is 5.02 Å². The Labute approximate surface area is 242 Å². The maximum atomic E-state index is 14.6. The molecule has 5 aromatic rings. The second kappa shape index (κ2) is 11.4. The zero-order valence-electron chi connectivity index (χ0n) is 21.6. The smallest absolute Gasteiger partial charge is 0.429 e. The van der Waals surface area contributed by atoms with Crippen LogP contribution in [0.1, 0.15) is 30.1 Å². The molecule has 210 valence electrons. The van der Waals surface area contributed by atoms with Crippen LogP contribution < -0.4 is 9.47 Å². The van der Waals surface area contributed by atoms with Crippen LogP contribution in [-0.4, -0.2) is 34.3 Å². The van der Waals surface area contributed by atoms with Crippen molar-refractivity contribution in [1.82, 2.24) is 9.97 Å². The average molecular weight is 599 g/mol. The van der Waals surface area contributed by atoms with E-state index in [2.05, 4.69) is 9.97 Å². The maximum absolute atomic E-state index is 14.6. The predicted octanol–water partition coefficient (Wildman–Crippen LogP) is 8.56. The highest BCUT2D eigenvalue weighted by Gasteiger charge is 2.45. The Morgan fingerprint density at radius 1 is 1.00 bits per heavy atom. The molecule has 6 nitrogen and oxygen atoms in total. The number of alkyl halides is 3. The van der Waals surface area contributed by atoms with E-state index in [-0.39, 0.29) is 22.0 Å². The highest BCUT2D eigenvalue weighted by Crippen LogP contribution is 2.44. The van der Waals surface area contributed by atoms with Crippen molar-refractivity contribution in [3.8, 4) is 33.9 Å². The van der Waals surface area contributed by atoms with Gasteiger partial charge in [0.15, 0.2) is 0 Å². The number of carbonyl (C=O) groups is 1. The van der Waals surface area contributed by atoms with Gasteiger partial charge in [0.2, 0.25) is 12.0 Å². The second-order valence-corrected chi connectivity index (χ2v) is 10.5. The SMILES string of the molecule is COc1cccc(-c2cc(Cl)ccc2C(Oc2ncnc3c(-c4ccc(C(C)C(=O)O)cc4)csc23)C(F)(F)F)c1. The molecule has 3 aromatic carbocycles. The summed E-state index contributed by atoms with van der Waals surface area (Å²) in [7, 11) is 1.47. The first-order valence-electron chi connectivity index (χ1n) is 12.3. The number of benzene rings is 3. The van der Waals surface area contributed by atoms with Gasteiger partial charge in [0.25, 0.3) is 0 Å². The number of hydrogen-bond donors (Lipinski definition) is 1. The Kier molecular flexibility index (Phi) is 7.88. The van der Waals surface area contributed by atoms with E-state index in [0.717, 1.165) is 23.2 Å². The number of carboxylic acid groups (broad SMARTS) is 1. The van der Waals surface area contributed by atoms with Gasteiger partial charge >= 0.3 is 12.1 Å². The van der Waals surface area contributed by atoms with Crippen LogP contribution in [0.3, 0.4) is 0 Å². The molecule has 0 saturated heterocycles. The lowest BCUT2D eigenvalue weighted by molar-refractivity contribution is -0.198. The molecule has 2 aromatic heterocycles. The number of carboxylic acids is 1. The lowest BCUT2D eigenvalue weighted by atomic mass is 9.95. The summed E-state index contributed by atoms with van der Waals surface area (Å²) in [6.07, 6.45) is -6.00. The average Bonchev–Trinajstić information content (AvgIpc) is 3.40. The van der Waals surface area contributed by atoms with Crippen molar-refractivity contribution in [1.29, 1.82) is 0 Å². The largest absolute Gasteiger partial charge is 0.497 e. The molecule has 0 saturated carbocycles. The molecular formula is C30H22ClF3N2O4S. The Balaban J connectivity index is 1.55. The fraction of sp³-hybridized carbons (Fsp3) is 0.167. The summed E-state index contributed by atoms with van der Waals surface area (Å²) >= 11 is 7.36. The summed E-state index contributed by atoms with van der Waals surface area (Å²) in [6, 6.07) is 17.7. The number of methoxy groups -OCH3 is 1. The summed E-state index contributed by atoms with van der Waals surface area (Å²) in [5.74, 6) is -1.36. The molecule has 41 heavy (non-hydrogen) atoms. The van der Waals surface area contributed by atoms with E-state index in [1.807, 2.05) is 0 Å². The molecule has 0 spiro atoms. The van der Waals surface area contributed by atoms with Crippen LogP contribution in [0.15, 0.2) is 78.4 Å². The van der Waals surface area contributed by atoms with Gasteiger partial charge in [-0.2, -0.15) is 13.2 Å². The fourth-order valence-electron chi connectivity index (χ4n) is 4.43. The third kappa shape index (κ3) is 5.84. The number of thiophene rings is 1. The van der Waals surface area contributed by atoms with E-state index in [1.54, 1.807) is 60.8 Å². The number of fused-ring (bicyclic) bond motifs is 1. The van der Waals surface area contributed by atoms with Crippen molar-refractivity contribution in [2.45, 2.75) is 25.1 Å². The van der Waals surface area contributed by atoms with Crippen LogP contribution in [0, 0.1) is 0 Å². The first-order chi connectivity index (χ1) is 19.6. The van der Waals surface area contributed by atoms with Gasteiger partial charge in [-0.3, -0.25) is 4.79 Å². The van der Waals surface area contributed by atoms with Gasteiger partial charge in [-0.05, 0) is 53.4 Å². The summed E-state index contributed by atoms with van der Waals surface area (Å²) < 4.78 is 55.1. The Morgan fingerprint density at radius 2 is 1.76 bits per heavy atom. The number of halogens is 4. The number of aromatic nitrogens is 2. The molecule has 2 atom stereocenters. The summed E-state index contributed by atoms with van der Waals surface area (Å²) in [5, 5.41) is 11.3. The quantitative estimate of drug-likeness (QED) is 0.193. The van der Waals surface area contributed by atoms with Crippen LogP contribution in [0.5, 0.6) is 11.6 Å². The van der Waals surface area contributed by atoms with Gasteiger partial charge in [0.05, 0.1) is 18.5 Å². The molecule has 0 radical (unpaired) electrons. The van der Waals surface area contributed by atoms with E-state index < -0.39 is 24.2 Å². The zero-order valence-corrected chi connectivity index (χ0v) is 23.2. The minimum absolute atomic E-state index is 0.137. The van der Waals surface area contributed by atoms with Gasteiger partial charge in [-0.25, -0.2) is 9.97 Å². The lowest BCUT2D eigenvalue weighted by Crippen LogP contribution is -2.27. The molecule has 5 rings (SSSR count). The molecule has 0 aliphatic heterocycles. The third-order valence-electron chi connectivity index (χ3n) is 6.62. The molecule has 0 aliphatic carbocycles. The lowest BCUT2D eigenvalue weighted by Gasteiger charge is -2.24. The summed E-state index contributed by atoms with van der Waals surface area (Å²) in [6.45, 7) is 1.59. The Hall–Kier alpha value is -4.15. The van der Waals surface area contributed by atoms with Crippen molar-refractivity contribution in [3.05, 3.63) is 94.6 Å². The maximum Gasteiger partial charge on any atom is 0.429 e. The van der Waals surface area contributed by atoms with E-state index in [0.29, 0.717) is 32.7 Å². The predicted molar refractivity (Wildman–Crippen MR) is 152 cm³/mol. The van der Waals surface area contributed by atoms with Gasteiger partial charge in [-0.15, -0.1) is 11.3 Å². The molecule has 0 bridgehead atoms. The topological polar surface area (TPSA) is 81.5 Å². The minimum Gasteiger partial charge on any atom is -0.497 e. The molecule has 1 N–H and O–H groups in total. The number of nitrogens with zero attached hydrogens (tertiary/aromatic N) is 2. The zero-order chi connectivity index (χ0) is 29.3.